The molecule has 0 bridgehead atoms. The summed E-state index contributed by atoms with van der Waals surface area (Å²) < 4.78 is 0. The summed E-state index contributed by atoms with van der Waals surface area (Å²) in [5, 5.41) is 11.5. The first-order chi connectivity index (χ1) is 12.4. The van der Waals surface area contributed by atoms with Crippen LogP contribution in [-0.2, 0) is 16.1 Å². The number of carbonyl (C=O) groups excluding carboxylic acids is 2. The minimum absolute atomic E-state index is 0.00542. The standard InChI is InChI=1S/C18H24N2O4S2/c1-12(2)16(17(23)19-8-10-26-25-9-7-15(21)22)20-11-13-5-3-4-6-14(13)18(20)24/h3-6,12,16H,7-11H2,1-2H3,(H,19,23)(H,21,22)/t16-/m0/s1. The van der Waals surface area contributed by atoms with Crippen LogP contribution in [0, 0.1) is 5.92 Å². The molecule has 0 saturated heterocycles. The molecular weight excluding hydrogens is 372 g/mol. The van der Waals surface area contributed by atoms with Crippen LogP contribution >= 0.6 is 21.6 Å². The molecule has 0 spiro atoms. The first-order valence-electron chi connectivity index (χ1n) is 8.54. The number of carbonyl (C=O) groups is 3. The van der Waals surface area contributed by atoms with E-state index in [4.69, 9.17) is 5.11 Å². The number of fused-ring (bicyclic) bond motifs is 1. The van der Waals surface area contributed by atoms with Crippen molar-refractivity contribution in [2.45, 2.75) is 32.9 Å². The summed E-state index contributed by atoms with van der Waals surface area (Å²) in [6.07, 6.45) is 0.136. The summed E-state index contributed by atoms with van der Waals surface area (Å²) in [5.41, 5.74) is 1.64. The summed E-state index contributed by atoms with van der Waals surface area (Å²) in [4.78, 5) is 37.4. The van der Waals surface area contributed by atoms with Gasteiger partial charge in [0.15, 0.2) is 0 Å². The van der Waals surface area contributed by atoms with E-state index in [1.54, 1.807) is 11.0 Å². The van der Waals surface area contributed by atoms with E-state index in [1.807, 2.05) is 32.0 Å². The second-order valence-corrected chi connectivity index (χ2v) is 9.06. The molecule has 142 valence electrons. The van der Waals surface area contributed by atoms with Crippen molar-refractivity contribution >= 4 is 39.4 Å². The van der Waals surface area contributed by atoms with Gasteiger partial charge >= 0.3 is 5.97 Å². The molecule has 0 aliphatic carbocycles. The summed E-state index contributed by atoms with van der Waals surface area (Å²) >= 11 is 0. The topological polar surface area (TPSA) is 86.7 Å². The van der Waals surface area contributed by atoms with Crippen LogP contribution in [0.3, 0.4) is 0 Å². The Kier molecular flexibility index (Phi) is 7.84. The van der Waals surface area contributed by atoms with Gasteiger partial charge in [-0.3, -0.25) is 14.4 Å². The summed E-state index contributed by atoms with van der Waals surface area (Å²) in [5.74, 6) is 0.205. The fraction of sp³-hybridized carbons (Fsp3) is 0.500. The van der Waals surface area contributed by atoms with Crippen LogP contribution in [0.1, 0.15) is 36.2 Å². The molecule has 0 radical (unpaired) electrons. The molecule has 0 fully saturated rings. The number of hydrogen-bond donors (Lipinski definition) is 2. The fourth-order valence-corrected chi connectivity index (χ4v) is 4.76. The molecule has 0 unspecified atom stereocenters. The van der Waals surface area contributed by atoms with Gasteiger partial charge in [0.05, 0.1) is 6.42 Å². The van der Waals surface area contributed by atoms with Crippen LogP contribution in [-0.4, -0.2) is 51.9 Å². The molecule has 1 heterocycles. The molecule has 8 heteroatoms. The van der Waals surface area contributed by atoms with Gasteiger partial charge in [-0.1, -0.05) is 53.6 Å². The van der Waals surface area contributed by atoms with E-state index in [0.29, 0.717) is 30.2 Å². The molecule has 1 atom stereocenters. The normalized spacial score (nSPS) is 14.4. The zero-order chi connectivity index (χ0) is 19.1. The maximum Gasteiger partial charge on any atom is 0.304 e. The minimum atomic E-state index is -0.803. The minimum Gasteiger partial charge on any atom is -0.481 e. The Morgan fingerprint density at radius 1 is 1.23 bits per heavy atom. The molecule has 1 aromatic carbocycles. The highest BCUT2D eigenvalue weighted by atomic mass is 33.1. The van der Waals surface area contributed by atoms with E-state index in [9.17, 15) is 14.4 Å². The van der Waals surface area contributed by atoms with Gasteiger partial charge in [-0.15, -0.1) is 0 Å². The third-order valence-electron chi connectivity index (χ3n) is 4.05. The molecule has 1 aliphatic heterocycles. The lowest BCUT2D eigenvalue weighted by Gasteiger charge is -2.29. The van der Waals surface area contributed by atoms with E-state index in [1.165, 1.54) is 21.6 Å². The van der Waals surface area contributed by atoms with Gasteiger partial charge in [-0.05, 0) is 17.5 Å². The van der Waals surface area contributed by atoms with Crippen molar-refractivity contribution in [3.8, 4) is 0 Å². The molecular formula is C18H24N2O4S2. The van der Waals surface area contributed by atoms with Crippen LogP contribution in [0.5, 0.6) is 0 Å². The SMILES string of the molecule is CC(C)[C@@H](C(=O)NCCSSCCC(=O)O)N1Cc2ccccc2C1=O. The average Bonchev–Trinajstić information content (AvgIpc) is 2.90. The Hall–Kier alpha value is -1.67. The van der Waals surface area contributed by atoms with Crippen LogP contribution in [0.15, 0.2) is 24.3 Å². The van der Waals surface area contributed by atoms with Gasteiger partial charge in [0.1, 0.15) is 6.04 Å². The maximum absolute atomic E-state index is 12.6. The van der Waals surface area contributed by atoms with Crippen molar-refractivity contribution in [2.24, 2.45) is 5.92 Å². The summed E-state index contributed by atoms with van der Waals surface area (Å²) in [6, 6.07) is 6.97. The molecule has 2 amide bonds. The van der Waals surface area contributed by atoms with Gasteiger partial charge in [0.2, 0.25) is 5.91 Å². The van der Waals surface area contributed by atoms with E-state index in [-0.39, 0.29) is 24.2 Å². The fourth-order valence-electron chi connectivity index (χ4n) is 2.87. The highest BCUT2D eigenvalue weighted by Gasteiger charge is 2.37. The number of nitrogens with one attached hydrogen (secondary N) is 1. The van der Waals surface area contributed by atoms with Crippen molar-refractivity contribution in [1.29, 1.82) is 0 Å². The zero-order valence-electron chi connectivity index (χ0n) is 14.9. The Balaban J connectivity index is 1.83. The molecule has 1 aromatic rings. The van der Waals surface area contributed by atoms with E-state index >= 15 is 0 Å². The smallest absolute Gasteiger partial charge is 0.304 e. The monoisotopic (exact) mass is 396 g/mol. The number of aliphatic carboxylic acids is 1. The van der Waals surface area contributed by atoms with Crippen LogP contribution < -0.4 is 5.32 Å². The third-order valence-corrected chi connectivity index (χ3v) is 6.46. The van der Waals surface area contributed by atoms with E-state index < -0.39 is 12.0 Å². The van der Waals surface area contributed by atoms with Gasteiger partial charge in [0.25, 0.3) is 5.91 Å². The Labute approximate surface area is 161 Å². The van der Waals surface area contributed by atoms with Gasteiger partial charge in [0, 0.05) is 30.2 Å². The second-order valence-electron chi connectivity index (χ2n) is 6.36. The molecule has 1 aliphatic rings. The second kappa shape index (κ2) is 9.87. The number of nitrogens with zero attached hydrogens (tertiary/aromatic N) is 1. The van der Waals surface area contributed by atoms with Crippen molar-refractivity contribution in [2.75, 3.05) is 18.1 Å². The quantitative estimate of drug-likeness (QED) is 0.467. The zero-order valence-corrected chi connectivity index (χ0v) is 16.6. The molecule has 2 rings (SSSR count). The Morgan fingerprint density at radius 3 is 2.58 bits per heavy atom. The Morgan fingerprint density at radius 2 is 1.92 bits per heavy atom. The largest absolute Gasteiger partial charge is 0.481 e. The number of benzene rings is 1. The predicted molar refractivity (Wildman–Crippen MR) is 105 cm³/mol. The van der Waals surface area contributed by atoms with Crippen LogP contribution in [0.4, 0.5) is 0 Å². The van der Waals surface area contributed by atoms with Crippen molar-refractivity contribution in [3.05, 3.63) is 35.4 Å². The molecule has 0 saturated carbocycles. The highest BCUT2D eigenvalue weighted by Crippen LogP contribution is 2.27. The first kappa shape index (κ1) is 20.6. The number of hydrogen-bond acceptors (Lipinski definition) is 5. The molecule has 0 aromatic heterocycles. The molecule has 6 nitrogen and oxygen atoms in total. The van der Waals surface area contributed by atoms with Gasteiger partial charge < -0.3 is 15.3 Å². The third kappa shape index (κ3) is 5.41. The van der Waals surface area contributed by atoms with Gasteiger partial charge in [-0.25, -0.2) is 0 Å². The van der Waals surface area contributed by atoms with E-state index in [0.717, 1.165) is 5.56 Å². The van der Waals surface area contributed by atoms with Gasteiger partial charge in [-0.2, -0.15) is 0 Å². The molecule has 26 heavy (non-hydrogen) atoms. The lowest BCUT2D eigenvalue weighted by molar-refractivity contribution is -0.136. The van der Waals surface area contributed by atoms with Crippen molar-refractivity contribution in [3.63, 3.8) is 0 Å². The summed E-state index contributed by atoms with van der Waals surface area (Å²) in [6.45, 7) is 4.83. The van der Waals surface area contributed by atoms with Crippen LogP contribution in [0.2, 0.25) is 0 Å². The number of amides is 2. The van der Waals surface area contributed by atoms with Crippen molar-refractivity contribution < 1.29 is 19.5 Å². The molecule has 2 N–H and O–H groups in total. The Bertz CT molecular complexity index is 666. The maximum atomic E-state index is 12.6. The number of carboxylic acid groups (broad SMARTS) is 1. The first-order valence-corrected chi connectivity index (χ1v) is 11.0. The highest BCUT2D eigenvalue weighted by molar-refractivity contribution is 8.76. The summed E-state index contributed by atoms with van der Waals surface area (Å²) in [7, 11) is 3.02. The average molecular weight is 397 g/mol. The predicted octanol–water partition coefficient (Wildman–Crippen LogP) is 2.64. The van der Waals surface area contributed by atoms with Crippen LogP contribution in [0.25, 0.3) is 0 Å². The number of carboxylic acids is 1. The number of rotatable bonds is 10. The lowest BCUT2D eigenvalue weighted by Crippen LogP contribution is -2.50. The van der Waals surface area contributed by atoms with E-state index in [2.05, 4.69) is 5.32 Å². The lowest BCUT2D eigenvalue weighted by atomic mass is 10.0. The van der Waals surface area contributed by atoms with Crippen molar-refractivity contribution in [1.82, 2.24) is 10.2 Å².